The lowest BCUT2D eigenvalue weighted by Crippen LogP contribution is -1.87. The van der Waals surface area contributed by atoms with E-state index in [4.69, 9.17) is 0 Å². The molecule has 2 aromatic carbocycles. The largest absolute Gasteiger partial charge is 0.241 e. The highest BCUT2D eigenvalue weighted by Gasteiger charge is 2.04. The van der Waals surface area contributed by atoms with Crippen molar-refractivity contribution in [2.45, 2.75) is 0 Å². The van der Waals surface area contributed by atoms with E-state index in [1.54, 1.807) is 0 Å². The average molecular weight is 310 g/mol. The van der Waals surface area contributed by atoms with Gasteiger partial charge in [-0.3, -0.25) is 0 Å². The summed E-state index contributed by atoms with van der Waals surface area (Å²) in [6, 6.07) is 24.7. The fourth-order valence-corrected chi connectivity index (χ4v) is 2.49. The molecular weight excluding hydrogens is 298 g/mol. The fourth-order valence-electron chi connectivity index (χ4n) is 2.05. The van der Waals surface area contributed by atoms with Gasteiger partial charge in [0, 0.05) is 5.56 Å². The average Bonchev–Trinajstić information content (AvgIpc) is 2.48. The molecule has 0 radical (unpaired) electrons. The van der Waals surface area contributed by atoms with Crippen molar-refractivity contribution < 1.29 is 0 Å². The molecule has 2 heteroatoms. The Morgan fingerprint density at radius 3 is 1.84 bits per heavy atom. The summed E-state index contributed by atoms with van der Waals surface area (Å²) >= 11 is 3.50. The smallest absolute Gasteiger partial charge is 0.107 e. The second-order valence-corrected chi connectivity index (χ2v) is 5.11. The monoisotopic (exact) mass is 309 g/mol. The highest BCUT2D eigenvalue weighted by molar-refractivity contribution is 9.10. The zero-order valence-corrected chi connectivity index (χ0v) is 11.8. The zero-order valence-electron chi connectivity index (χ0n) is 10.3. The normalized spacial score (nSPS) is 10.4. The minimum Gasteiger partial charge on any atom is -0.241 e. The maximum absolute atomic E-state index is 4.55. The van der Waals surface area contributed by atoms with Crippen molar-refractivity contribution >= 4 is 15.9 Å². The Morgan fingerprint density at radius 2 is 1.21 bits per heavy atom. The third-order valence-electron chi connectivity index (χ3n) is 2.97. The second-order valence-electron chi connectivity index (χ2n) is 4.30. The van der Waals surface area contributed by atoms with Crippen LogP contribution in [0.3, 0.4) is 0 Å². The van der Waals surface area contributed by atoms with E-state index < -0.39 is 0 Å². The van der Waals surface area contributed by atoms with Crippen LogP contribution >= 0.6 is 15.9 Å². The van der Waals surface area contributed by atoms with Gasteiger partial charge in [-0.15, -0.1) is 0 Å². The molecule has 0 aliphatic rings. The number of aromatic nitrogens is 1. The van der Waals surface area contributed by atoms with Crippen LogP contribution in [0.25, 0.3) is 22.4 Å². The summed E-state index contributed by atoms with van der Waals surface area (Å²) in [5.74, 6) is 0. The highest BCUT2D eigenvalue weighted by Crippen LogP contribution is 2.27. The van der Waals surface area contributed by atoms with Crippen molar-refractivity contribution in [3.63, 3.8) is 0 Å². The number of benzene rings is 2. The lowest BCUT2D eigenvalue weighted by molar-refractivity contribution is 1.28. The van der Waals surface area contributed by atoms with Crippen LogP contribution in [0, 0.1) is 0 Å². The van der Waals surface area contributed by atoms with Crippen molar-refractivity contribution in [2.75, 3.05) is 0 Å². The molecule has 3 aromatic rings. The molecule has 0 fully saturated rings. The van der Waals surface area contributed by atoms with Gasteiger partial charge in [0.05, 0.1) is 5.69 Å². The van der Waals surface area contributed by atoms with E-state index in [0.29, 0.717) is 0 Å². The highest BCUT2D eigenvalue weighted by atomic mass is 79.9. The summed E-state index contributed by atoms with van der Waals surface area (Å²) in [7, 11) is 0. The number of nitrogens with zero attached hydrogens (tertiary/aromatic N) is 1. The lowest BCUT2D eigenvalue weighted by atomic mass is 10.0. The van der Waals surface area contributed by atoms with Crippen LogP contribution in [0.4, 0.5) is 0 Å². The zero-order chi connectivity index (χ0) is 13.1. The van der Waals surface area contributed by atoms with Gasteiger partial charge in [-0.25, -0.2) is 4.98 Å². The van der Waals surface area contributed by atoms with E-state index in [2.05, 4.69) is 51.2 Å². The van der Waals surface area contributed by atoms with E-state index in [0.717, 1.165) is 15.9 Å². The van der Waals surface area contributed by atoms with Crippen molar-refractivity contribution in [1.29, 1.82) is 0 Å². The van der Waals surface area contributed by atoms with Crippen LogP contribution in [0.1, 0.15) is 0 Å². The van der Waals surface area contributed by atoms with Crippen LogP contribution in [-0.2, 0) is 0 Å². The molecule has 0 aliphatic carbocycles. The Hall–Kier alpha value is -1.93. The Kier molecular flexibility index (Phi) is 3.43. The Balaban J connectivity index is 2.12. The van der Waals surface area contributed by atoms with Gasteiger partial charge in [0.15, 0.2) is 0 Å². The maximum atomic E-state index is 4.55. The molecule has 0 N–H and O–H groups in total. The number of halogens is 1. The summed E-state index contributed by atoms with van der Waals surface area (Å²) in [6.45, 7) is 0. The third-order valence-corrected chi connectivity index (χ3v) is 3.38. The van der Waals surface area contributed by atoms with Crippen molar-refractivity contribution in [3.05, 3.63) is 77.4 Å². The summed E-state index contributed by atoms with van der Waals surface area (Å²) in [5.41, 5.74) is 4.47. The first-order valence-electron chi connectivity index (χ1n) is 6.11. The van der Waals surface area contributed by atoms with Gasteiger partial charge in [0.2, 0.25) is 0 Å². The minimum absolute atomic E-state index is 0.854. The standard InChI is InChI=1S/C17H12BrN/c18-17-12-15(13-7-3-1-4-8-13)11-16(19-17)14-9-5-2-6-10-14/h1-12H. The van der Waals surface area contributed by atoms with E-state index in [9.17, 15) is 0 Å². The second kappa shape index (κ2) is 5.37. The maximum Gasteiger partial charge on any atom is 0.107 e. The molecule has 19 heavy (non-hydrogen) atoms. The third kappa shape index (κ3) is 2.74. The van der Waals surface area contributed by atoms with Crippen LogP contribution < -0.4 is 0 Å². The molecule has 0 unspecified atom stereocenters. The molecular formula is C17H12BrN. The molecule has 3 rings (SSSR count). The van der Waals surface area contributed by atoms with E-state index >= 15 is 0 Å². The van der Waals surface area contributed by atoms with Gasteiger partial charge >= 0.3 is 0 Å². The van der Waals surface area contributed by atoms with Gasteiger partial charge in [-0.05, 0) is 39.2 Å². The summed E-state index contributed by atoms with van der Waals surface area (Å²) in [4.78, 5) is 4.55. The molecule has 0 atom stereocenters. The molecule has 0 aliphatic heterocycles. The van der Waals surface area contributed by atoms with Crippen molar-refractivity contribution in [1.82, 2.24) is 4.98 Å². The number of hydrogen-bond donors (Lipinski definition) is 0. The Morgan fingerprint density at radius 1 is 0.632 bits per heavy atom. The SMILES string of the molecule is Brc1cc(-c2ccccc2)cc(-c2ccccc2)n1. The molecule has 0 saturated carbocycles. The Bertz CT molecular complexity index is 620. The molecule has 0 spiro atoms. The van der Waals surface area contributed by atoms with Crippen LogP contribution in [-0.4, -0.2) is 4.98 Å². The first-order valence-corrected chi connectivity index (χ1v) is 6.91. The molecule has 92 valence electrons. The van der Waals surface area contributed by atoms with Crippen molar-refractivity contribution in [2.24, 2.45) is 0 Å². The molecule has 1 nitrogen and oxygen atoms in total. The molecule has 1 heterocycles. The van der Waals surface area contributed by atoms with Crippen molar-refractivity contribution in [3.8, 4) is 22.4 Å². The Labute approximate surface area is 121 Å². The first kappa shape index (κ1) is 12.1. The topological polar surface area (TPSA) is 12.9 Å². The predicted molar refractivity (Wildman–Crippen MR) is 82.8 cm³/mol. The van der Waals surface area contributed by atoms with Crippen LogP contribution in [0.5, 0.6) is 0 Å². The van der Waals surface area contributed by atoms with Gasteiger partial charge < -0.3 is 0 Å². The summed E-state index contributed by atoms with van der Waals surface area (Å²) in [5, 5.41) is 0. The number of hydrogen-bond acceptors (Lipinski definition) is 1. The molecule has 0 saturated heterocycles. The van der Waals surface area contributed by atoms with Crippen LogP contribution in [0.2, 0.25) is 0 Å². The quantitative estimate of drug-likeness (QED) is 0.594. The number of rotatable bonds is 2. The molecule has 0 amide bonds. The van der Waals surface area contributed by atoms with E-state index in [-0.39, 0.29) is 0 Å². The predicted octanol–water partition coefficient (Wildman–Crippen LogP) is 5.18. The number of pyridine rings is 1. The van der Waals surface area contributed by atoms with Gasteiger partial charge in [-0.1, -0.05) is 60.7 Å². The molecule has 0 bridgehead atoms. The lowest BCUT2D eigenvalue weighted by Gasteiger charge is -2.06. The summed E-state index contributed by atoms with van der Waals surface area (Å²) < 4.78 is 0.854. The van der Waals surface area contributed by atoms with E-state index in [1.807, 2.05) is 42.5 Å². The van der Waals surface area contributed by atoms with Gasteiger partial charge in [0.1, 0.15) is 4.60 Å². The van der Waals surface area contributed by atoms with Gasteiger partial charge in [-0.2, -0.15) is 0 Å². The minimum atomic E-state index is 0.854. The summed E-state index contributed by atoms with van der Waals surface area (Å²) in [6.07, 6.45) is 0. The first-order chi connectivity index (χ1) is 9.33. The fraction of sp³-hybridized carbons (Fsp3) is 0. The molecule has 1 aromatic heterocycles. The van der Waals surface area contributed by atoms with Gasteiger partial charge in [0.25, 0.3) is 0 Å². The van der Waals surface area contributed by atoms with E-state index in [1.165, 1.54) is 11.1 Å². The van der Waals surface area contributed by atoms with Crippen LogP contribution in [0.15, 0.2) is 77.4 Å².